The molecule has 2 heterocycles. The number of hydrogen-bond acceptors (Lipinski definition) is 6. The fourth-order valence-electron chi connectivity index (χ4n) is 1.44. The summed E-state index contributed by atoms with van der Waals surface area (Å²) in [4.78, 5) is 14.8. The zero-order valence-corrected chi connectivity index (χ0v) is 12.7. The van der Waals surface area contributed by atoms with Crippen molar-refractivity contribution in [3.8, 4) is 11.5 Å². The highest BCUT2D eigenvalue weighted by atomic mass is 35.5. The van der Waals surface area contributed by atoms with Crippen LogP contribution in [0.5, 0.6) is 0 Å². The molecule has 6 nitrogen and oxygen atoms in total. The number of halogens is 4. The second-order valence-corrected chi connectivity index (χ2v) is 4.72. The SMILES string of the molecule is [2H]c1cc(Cl)nc(-c2nc(N[C@]([2H])(C([2H])([2H])[2H])C(F)(F)F)nc(N[C@@]([2H])(C)C([2H])([2H])[2H])n2)c1. The van der Waals surface area contributed by atoms with Gasteiger partial charge in [0.2, 0.25) is 11.9 Å². The Morgan fingerprint density at radius 3 is 2.46 bits per heavy atom. The van der Waals surface area contributed by atoms with Crippen LogP contribution in [0.15, 0.2) is 18.2 Å². The van der Waals surface area contributed by atoms with Crippen LogP contribution >= 0.6 is 11.6 Å². The van der Waals surface area contributed by atoms with E-state index in [-0.39, 0.29) is 16.9 Å². The molecule has 130 valence electrons. The maximum Gasteiger partial charge on any atom is 0.408 e. The van der Waals surface area contributed by atoms with Crippen LogP contribution in [0.25, 0.3) is 11.5 Å². The first-order chi connectivity index (χ1) is 14.7. The van der Waals surface area contributed by atoms with E-state index in [1.54, 1.807) is 0 Å². The third kappa shape index (κ3) is 4.92. The van der Waals surface area contributed by atoms with Gasteiger partial charge in [0.1, 0.15) is 16.9 Å². The van der Waals surface area contributed by atoms with E-state index in [4.69, 9.17) is 23.9 Å². The number of anilines is 2. The minimum Gasteiger partial charge on any atom is -0.352 e. The van der Waals surface area contributed by atoms with Crippen LogP contribution in [0.1, 0.15) is 33.0 Å². The summed E-state index contributed by atoms with van der Waals surface area (Å²) in [5.74, 6) is -2.36. The molecule has 10 heteroatoms. The molecule has 0 unspecified atom stereocenters. The first kappa shape index (κ1) is 9.36. The number of nitrogens with one attached hydrogen (secondary N) is 2. The van der Waals surface area contributed by atoms with Gasteiger partial charge in [0, 0.05) is 14.2 Å². The van der Waals surface area contributed by atoms with E-state index in [0.717, 1.165) is 19.1 Å². The zero-order chi connectivity index (χ0) is 25.6. The molecule has 0 spiro atoms. The molecule has 0 aliphatic heterocycles. The average Bonchev–Trinajstić information content (AvgIpc) is 2.57. The molecule has 2 rings (SSSR count). The molecule has 2 aromatic heterocycles. The maximum absolute atomic E-state index is 13.5. The summed E-state index contributed by atoms with van der Waals surface area (Å²) in [6, 6.07) is -4.67. The minimum absolute atomic E-state index is 0.185. The molecule has 0 aromatic carbocycles. The Hall–Kier alpha value is -2.16. The maximum atomic E-state index is 13.5. The van der Waals surface area contributed by atoms with Crippen LogP contribution in [-0.2, 0) is 0 Å². The summed E-state index contributed by atoms with van der Waals surface area (Å²) in [7, 11) is 0. The zero-order valence-electron chi connectivity index (χ0n) is 21.0. The minimum atomic E-state index is -5.62. The molecule has 0 bridgehead atoms. The molecule has 2 atom stereocenters. The summed E-state index contributed by atoms with van der Waals surface area (Å²) < 4.78 is 107. The first-order valence-corrected chi connectivity index (χ1v) is 6.58. The van der Waals surface area contributed by atoms with Crippen molar-refractivity contribution in [2.75, 3.05) is 10.6 Å². The van der Waals surface area contributed by atoms with Crippen LogP contribution in [0.3, 0.4) is 0 Å². The Morgan fingerprint density at radius 1 is 1.17 bits per heavy atom. The summed E-state index contributed by atoms with van der Waals surface area (Å²) in [5, 5.41) is 3.31. The predicted octanol–water partition coefficient (Wildman–Crippen LogP) is 3.77. The molecule has 24 heavy (non-hydrogen) atoms. The van der Waals surface area contributed by atoms with Crippen LogP contribution in [-0.4, -0.2) is 38.1 Å². The van der Waals surface area contributed by atoms with Gasteiger partial charge in [-0.1, -0.05) is 17.6 Å². The van der Waals surface area contributed by atoms with Crippen molar-refractivity contribution in [3.63, 3.8) is 0 Å². The van der Waals surface area contributed by atoms with Crippen molar-refractivity contribution < 1.29 is 25.5 Å². The predicted molar refractivity (Wildman–Crippen MR) is 86.0 cm³/mol. The van der Waals surface area contributed by atoms with Crippen LogP contribution in [0.2, 0.25) is 5.15 Å². The summed E-state index contributed by atoms with van der Waals surface area (Å²) >= 11 is 5.78. The van der Waals surface area contributed by atoms with Gasteiger partial charge < -0.3 is 10.6 Å². The lowest BCUT2D eigenvalue weighted by atomic mass is 10.3. The van der Waals surface area contributed by atoms with Gasteiger partial charge in [-0.3, -0.25) is 0 Å². The molecule has 0 fully saturated rings. The lowest BCUT2D eigenvalue weighted by Crippen LogP contribution is -2.34. The van der Waals surface area contributed by atoms with Crippen molar-refractivity contribution >= 4 is 23.5 Å². The topological polar surface area (TPSA) is 75.6 Å². The molecule has 2 aromatic rings. The van der Waals surface area contributed by atoms with E-state index in [1.807, 2.05) is 0 Å². The second kappa shape index (κ2) is 7.16. The van der Waals surface area contributed by atoms with Gasteiger partial charge in [-0.05, 0) is 32.8 Å². The number of nitrogens with zero attached hydrogens (tertiary/aromatic N) is 4. The average molecular weight is 370 g/mol. The first-order valence-electron chi connectivity index (χ1n) is 10.7. The smallest absolute Gasteiger partial charge is 0.352 e. The summed E-state index contributed by atoms with van der Waals surface area (Å²) in [6.45, 7) is -5.96. The third-order valence-corrected chi connectivity index (χ3v) is 2.53. The van der Waals surface area contributed by atoms with Crippen molar-refractivity contribution in [1.82, 2.24) is 19.9 Å². The van der Waals surface area contributed by atoms with E-state index in [9.17, 15) is 13.2 Å². The molecule has 0 radical (unpaired) electrons. The summed E-state index contributed by atoms with van der Waals surface area (Å²) in [6.07, 6.45) is -5.62. The second-order valence-electron chi connectivity index (χ2n) is 4.33. The third-order valence-electron chi connectivity index (χ3n) is 2.33. The van der Waals surface area contributed by atoms with Crippen molar-refractivity contribution in [2.45, 2.75) is 38.8 Å². The Balaban J connectivity index is 2.70. The van der Waals surface area contributed by atoms with Crippen molar-refractivity contribution in [2.24, 2.45) is 0 Å². The van der Waals surface area contributed by atoms with Gasteiger partial charge in [-0.25, -0.2) is 4.98 Å². The molecule has 0 aliphatic carbocycles. The normalized spacial score (nSPS) is 23.3. The van der Waals surface area contributed by atoms with Gasteiger partial charge >= 0.3 is 6.18 Å². The van der Waals surface area contributed by atoms with Gasteiger partial charge in [-0.15, -0.1) is 0 Å². The van der Waals surface area contributed by atoms with E-state index in [2.05, 4.69) is 25.3 Å². The van der Waals surface area contributed by atoms with E-state index in [1.165, 1.54) is 5.32 Å². The Labute approximate surface area is 154 Å². The number of alkyl halides is 3. The van der Waals surface area contributed by atoms with Crippen LogP contribution in [0, 0.1) is 0 Å². The van der Waals surface area contributed by atoms with Gasteiger partial charge in [0.05, 0.1) is 4.11 Å². The molecule has 0 aliphatic rings. The van der Waals surface area contributed by atoms with Gasteiger partial charge in [-0.2, -0.15) is 28.1 Å². The number of rotatable bonds is 5. The Morgan fingerprint density at radius 2 is 1.88 bits per heavy atom. The highest BCUT2D eigenvalue weighted by Gasteiger charge is 2.36. The van der Waals surface area contributed by atoms with Crippen molar-refractivity contribution in [1.29, 1.82) is 0 Å². The Kier molecular flexibility index (Phi) is 2.79. The number of aromatic nitrogens is 4. The lowest BCUT2D eigenvalue weighted by molar-refractivity contribution is -0.138. The van der Waals surface area contributed by atoms with Crippen LogP contribution < -0.4 is 10.6 Å². The molecular weight excluding hydrogens is 345 g/mol. The highest BCUT2D eigenvalue weighted by molar-refractivity contribution is 6.29. The quantitative estimate of drug-likeness (QED) is 0.781. The number of pyridine rings is 1. The largest absolute Gasteiger partial charge is 0.408 e. The van der Waals surface area contributed by atoms with Gasteiger partial charge in [0.15, 0.2) is 5.82 Å². The Bertz CT molecular complexity index is 995. The standard InChI is InChI=1S/C14H16ClF3N6/c1-7(2)19-12-22-11(9-5-4-6-10(15)21-9)23-13(24-12)20-8(3)14(16,17)18/h4-8H,1-3H3,(H2,19,20,22,23,24)/t8-/m1/s1/i1D3,3D3,4D,7D,8D/t7-,8-. The van der Waals surface area contributed by atoms with Gasteiger partial charge in [0.25, 0.3) is 0 Å². The van der Waals surface area contributed by atoms with E-state index in [0.29, 0.717) is 0 Å². The fourth-order valence-corrected chi connectivity index (χ4v) is 1.59. The van der Waals surface area contributed by atoms with Crippen LogP contribution in [0.4, 0.5) is 25.1 Å². The molecule has 0 amide bonds. The molecular formula is C14H16ClF3N6. The van der Waals surface area contributed by atoms with E-state index < -0.39 is 49.6 Å². The molecule has 0 saturated carbocycles. The molecule has 2 N–H and O–H groups in total. The number of hydrogen-bond donors (Lipinski definition) is 2. The fraction of sp³-hybridized carbons (Fsp3) is 0.429. The lowest BCUT2D eigenvalue weighted by Gasteiger charge is -2.18. The van der Waals surface area contributed by atoms with Crippen molar-refractivity contribution in [3.05, 3.63) is 23.3 Å². The highest BCUT2D eigenvalue weighted by Crippen LogP contribution is 2.24. The monoisotopic (exact) mass is 369 g/mol. The summed E-state index contributed by atoms with van der Waals surface area (Å²) in [5.41, 5.74) is -0.252. The van der Waals surface area contributed by atoms with E-state index >= 15 is 0 Å². The molecule has 0 saturated heterocycles.